The Bertz CT molecular complexity index is 433. The summed E-state index contributed by atoms with van der Waals surface area (Å²) in [5, 5.41) is 10.8. The molecule has 0 saturated carbocycles. The van der Waals surface area contributed by atoms with Crippen LogP contribution in [0.2, 0.25) is 0 Å². The van der Waals surface area contributed by atoms with Gasteiger partial charge in [0.15, 0.2) is 0 Å². The van der Waals surface area contributed by atoms with Gasteiger partial charge < -0.3 is 16.0 Å². The second-order valence-corrected chi connectivity index (χ2v) is 5.75. The molecule has 1 aromatic heterocycles. The van der Waals surface area contributed by atoms with Crippen LogP contribution in [0.3, 0.4) is 0 Å². The smallest absolute Gasteiger partial charge is 0.261 e. The van der Waals surface area contributed by atoms with Gasteiger partial charge in [0.1, 0.15) is 0 Å². The Hall–Kier alpha value is -1.40. The maximum absolute atomic E-state index is 11.7. The number of hydrogen-bond donors (Lipinski definition) is 3. The molecule has 2 amide bonds. The minimum absolute atomic E-state index is 0.0367. The van der Waals surface area contributed by atoms with Gasteiger partial charge in [-0.15, -0.1) is 11.3 Å². The molecular formula is C13H19N3O2S. The predicted molar refractivity (Wildman–Crippen MR) is 75.3 cm³/mol. The van der Waals surface area contributed by atoms with E-state index in [-0.39, 0.29) is 24.4 Å². The van der Waals surface area contributed by atoms with Gasteiger partial charge in [0.25, 0.3) is 5.91 Å². The molecule has 3 N–H and O–H groups in total. The first-order valence-corrected chi connectivity index (χ1v) is 7.37. The van der Waals surface area contributed by atoms with Gasteiger partial charge in [-0.2, -0.15) is 0 Å². The number of piperidine rings is 1. The van der Waals surface area contributed by atoms with Crippen LogP contribution in [0.4, 0.5) is 0 Å². The average molecular weight is 281 g/mol. The molecule has 2 rings (SSSR count). The van der Waals surface area contributed by atoms with E-state index in [1.165, 1.54) is 11.3 Å². The third-order valence-electron chi connectivity index (χ3n) is 3.14. The Morgan fingerprint density at radius 3 is 3.05 bits per heavy atom. The zero-order chi connectivity index (χ0) is 13.7. The molecule has 1 aromatic rings. The minimum atomic E-state index is -0.191. The molecule has 19 heavy (non-hydrogen) atoms. The number of thiophene rings is 1. The lowest BCUT2D eigenvalue weighted by atomic mass is 10.0. The average Bonchev–Trinajstić information content (AvgIpc) is 2.90. The SMILES string of the molecule is CC1CC(NC(=O)CNC(=O)c2cccs2)CCN1. The highest BCUT2D eigenvalue weighted by Gasteiger charge is 2.20. The molecule has 2 unspecified atom stereocenters. The van der Waals surface area contributed by atoms with Crippen LogP contribution in [0.5, 0.6) is 0 Å². The van der Waals surface area contributed by atoms with Crippen LogP contribution in [0.15, 0.2) is 17.5 Å². The molecule has 0 aromatic carbocycles. The maximum Gasteiger partial charge on any atom is 0.261 e. The standard InChI is InChI=1S/C13H19N3O2S/c1-9-7-10(4-5-14-9)16-12(17)8-15-13(18)11-3-2-6-19-11/h2-3,6,9-10,14H,4-5,7-8H2,1H3,(H,15,18)(H,16,17). The summed E-state index contributed by atoms with van der Waals surface area (Å²) in [6, 6.07) is 4.20. The summed E-state index contributed by atoms with van der Waals surface area (Å²) in [6.07, 6.45) is 1.87. The van der Waals surface area contributed by atoms with Crippen LogP contribution < -0.4 is 16.0 Å². The van der Waals surface area contributed by atoms with Gasteiger partial charge in [-0.3, -0.25) is 9.59 Å². The van der Waals surface area contributed by atoms with E-state index < -0.39 is 0 Å². The summed E-state index contributed by atoms with van der Waals surface area (Å²) in [4.78, 5) is 24.0. The van der Waals surface area contributed by atoms with Crippen molar-refractivity contribution in [1.29, 1.82) is 0 Å². The molecule has 104 valence electrons. The predicted octanol–water partition coefficient (Wildman–Crippen LogP) is 0.735. The third kappa shape index (κ3) is 4.33. The van der Waals surface area contributed by atoms with Crippen molar-refractivity contribution in [2.45, 2.75) is 31.8 Å². The molecule has 2 heterocycles. The van der Waals surface area contributed by atoms with E-state index in [4.69, 9.17) is 0 Å². The van der Waals surface area contributed by atoms with E-state index in [0.717, 1.165) is 19.4 Å². The number of rotatable bonds is 4. The van der Waals surface area contributed by atoms with Gasteiger partial charge >= 0.3 is 0 Å². The second-order valence-electron chi connectivity index (χ2n) is 4.80. The summed E-state index contributed by atoms with van der Waals surface area (Å²) in [5.41, 5.74) is 0. The van der Waals surface area contributed by atoms with Crippen molar-refractivity contribution in [3.05, 3.63) is 22.4 Å². The summed E-state index contributed by atoms with van der Waals surface area (Å²) in [6.45, 7) is 3.07. The highest BCUT2D eigenvalue weighted by Crippen LogP contribution is 2.08. The number of amides is 2. The molecule has 1 saturated heterocycles. The molecule has 6 heteroatoms. The number of carbonyl (C=O) groups is 2. The third-order valence-corrected chi connectivity index (χ3v) is 4.01. The first-order chi connectivity index (χ1) is 9.15. The fourth-order valence-corrected chi connectivity index (χ4v) is 2.84. The Morgan fingerprint density at radius 1 is 1.53 bits per heavy atom. The van der Waals surface area contributed by atoms with Crippen LogP contribution in [0.25, 0.3) is 0 Å². The van der Waals surface area contributed by atoms with Crippen molar-refractivity contribution in [3.8, 4) is 0 Å². The molecule has 1 aliphatic heterocycles. The highest BCUT2D eigenvalue weighted by atomic mass is 32.1. The molecule has 0 spiro atoms. The van der Waals surface area contributed by atoms with Crippen molar-refractivity contribution >= 4 is 23.2 Å². The topological polar surface area (TPSA) is 70.2 Å². The lowest BCUT2D eigenvalue weighted by molar-refractivity contribution is -0.121. The highest BCUT2D eigenvalue weighted by molar-refractivity contribution is 7.12. The fourth-order valence-electron chi connectivity index (χ4n) is 2.20. The van der Waals surface area contributed by atoms with E-state index in [1.807, 2.05) is 11.4 Å². The van der Waals surface area contributed by atoms with Crippen LogP contribution in [-0.4, -0.2) is 37.0 Å². The first-order valence-electron chi connectivity index (χ1n) is 6.49. The fraction of sp³-hybridized carbons (Fsp3) is 0.538. The Balaban J connectivity index is 1.71. The van der Waals surface area contributed by atoms with Gasteiger partial charge in [0, 0.05) is 12.1 Å². The van der Waals surface area contributed by atoms with Crippen molar-refractivity contribution in [2.24, 2.45) is 0 Å². The number of carbonyl (C=O) groups excluding carboxylic acids is 2. The second kappa shape index (κ2) is 6.68. The number of nitrogens with one attached hydrogen (secondary N) is 3. The maximum atomic E-state index is 11.7. The monoisotopic (exact) mass is 281 g/mol. The molecule has 1 fully saturated rings. The van der Waals surface area contributed by atoms with Gasteiger partial charge in [-0.25, -0.2) is 0 Å². The zero-order valence-electron chi connectivity index (χ0n) is 10.9. The molecule has 0 radical (unpaired) electrons. The van der Waals surface area contributed by atoms with Gasteiger partial charge in [-0.05, 0) is 37.8 Å². The lowest BCUT2D eigenvalue weighted by Gasteiger charge is -2.28. The number of hydrogen-bond acceptors (Lipinski definition) is 4. The normalized spacial score (nSPS) is 22.8. The van der Waals surface area contributed by atoms with E-state index in [2.05, 4.69) is 22.9 Å². The molecular weight excluding hydrogens is 262 g/mol. The molecule has 0 aliphatic carbocycles. The van der Waals surface area contributed by atoms with Crippen LogP contribution >= 0.6 is 11.3 Å². The first kappa shape index (κ1) is 14.0. The van der Waals surface area contributed by atoms with Crippen molar-refractivity contribution in [3.63, 3.8) is 0 Å². The Labute approximate surface area is 116 Å². The lowest BCUT2D eigenvalue weighted by Crippen LogP contribution is -2.48. The molecule has 0 bridgehead atoms. The van der Waals surface area contributed by atoms with Gasteiger partial charge in [0.05, 0.1) is 11.4 Å². The van der Waals surface area contributed by atoms with Crippen molar-refractivity contribution < 1.29 is 9.59 Å². The van der Waals surface area contributed by atoms with Crippen molar-refractivity contribution in [1.82, 2.24) is 16.0 Å². The molecule has 1 aliphatic rings. The van der Waals surface area contributed by atoms with Crippen molar-refractivity contribution in [2.75, 3.05) is 13.1 Å². The summed E-state index contributed by atoms with van der Waals surface area (Å²) in [7, 11) is 0. The van der Waals surface area contributed by atoms with Crippen LogP contribution in [0, 0.1) is 0 Å². The summed E-state index contributed by atoms with van der Waals surface area (Å²) in [5.74, 6) is -0.312. The quantitative estimate of drug-likeness (QED) is 0.762. The van der Waals surface area contributed by atoms with E-state index >= 15 is 0 Å². The zero-order valence-corrected chi connectivity index (χ0v) is 11.8. The minimum Gasteiger partial charge on any atom is -0.352 e. The molecule has 2 atom stereocenters. The van der Waals surface area contributed by atoms with Gasteiger partial charge in [0.2, 0.25) is 5.91 Å². The molecule has 5 nitrogen and oxygen atoms in total. The van der Waals surface area contributed by atoms with E-state index in [9.17, 15) is 9.59 Å². The Kier molecular flexibility index (Phi) is 4.93. The Morgan fingerprint density at radius 2 is 2.37 bits per heavy atom. The largest absolute Gasteiger partial charge is 0.352 e. The summed E-state index contributed by atoms with van der Waals surface area (Å²) < 4.78 is 0. The van der Waals surface area contributed by atoms with Crippen LogP contribution in [0.1, 0.15) is 29.4 Å². The van der Waals surface area contributed by atoms with Gasteiger partial charge in [-0.1, -0.05) is 6.07 Å². The van der Waals surface area contributed by atoms with Crippen LogP contribution in [-0.2, 0) is 4.79 Å². The summed E-state index contributed by atoms with van der Waals surface area (Å²) >= 11 is 1.37. The van der Waals surface area contributed by atoms with E-state index in [1.54, 1.807) is 6.07 Å². The van der Waals surface area contributed by atoms with E-state index in [0.29, 0.717) is 10.9 Å².